The first kappa shape index (κ1) is 22.5. The minimum Gasteiger partial charge on any atom is -0.340 e. The number of nitrogens with zero attached hydrogens (tertiary/aromatic N) is 2. The fourth-order valence-corrected chi connectivity index (χ4v) is 3.40. The molecule has 2 N–H and O–H groups in total. The molecule has 2 amide bonds. The van der Waals surface area contributed by atoms with Crippen LogP contribution in [0.25, 0.3) is 10.9 Å². The number of aromatic nitrogens is 2. The van der Waals surface area contributed by atoms with Gasteiger partial charge in [0.2, 0.25) is 5.91 Å². The number of carbonyl (C=O) groups is 2. The summed E-state index contributed by atoms with van der Waals surface area (Å²) < 4.78 is 0. The average Bonchev–Trinajstić information content (AvgIpc) is 2.75. The first-order valence-corrected chi connectivity index (χ1v) is 10.5. The van der Waals surface area contributed by atoms with Crippen LogP contribution in [0.2, 0.25) is 5.02 Å². The standard InChI is InChI=1S/C23H25ClN4O3/c1-4-28(13-19-25-18-8-6-5-7-17(18)22(30)26-19)23(31)20(14(2)3)27-21(29)15-9-11-16(24)12-10-15/h5-12,14,20H,4,13H2,1-3H3,(H,27,29)(H,25,26,30). The number of halogens is 1. The zero-order chi connectivity index (χ0) is 22.5. The minimum atomic E-state index is -0.727. The van der Waals surface area contributed by atoms with Gasteiger partial charge in [-0.15, -0.1) is 0 Å². The molecule has 0 radical (unpaired) electrons. The lowest BCUT2D eigenvalue weighted by Crippen LogP contribution is -2.51. The van der Waals surface area contributed by atoms with E-state index in [9.17, 15) is 14.4 Å². The van der Waals surface area contributed by atoms with E-state index < -0.39 is 6.04 Å². The summed E-state index contributed by atoms with van der Waals surface area (Å²) in [5.74, 6) is -0.334. The van der Waals surface area contributed by atoms with Crippen LogP contribution in [0.5, 0.6) is 0 Å². The van der Waals surface area contributed by atoms with E-state index in [1.54, 1.807) is 47.4 Å². The number of H-pyrrole nitrogens is 1. The molecule has 1 aromatic heterocycles. The van der Waals surface area contributed by atoms with Gasteiger partial charge in [-0.05, 0) is 49.2 Å². The zero-order valence-corrected chi connectivity index (χ0v) is 18.4. The van der Waals surface area contributed by atoms with E-state index in [0.717, 1.165) is 0 Å². The third-order valence-electron chi connectivity index (χ3n) is 5.02. The molecular weight excluding hydrogens is 416 g/mol. The fourth-order valence-electron chi connectivity index (χ4n) is 3.27. The molecule has 1 atom stereocenters. The summed E-state index contributed by atoms with van der Waals surface area (Å²) in [6, 6.07) is 12.8. The molecule has 0 spiro atoms. The molecule has 8 heteroatoms. The van der Waals surface area contributed by atoms with Gasteiger partial charge in [0.1, 0.15) is 11.9 Å². The lowest BCUT2D eigenvalue weighted by atomic mass is 10.0. The van der Waals surface area contributed by atoms with Crippen LogP contribution in [-0.2, 0) is 11.3 Å². The van der Waals surface area contributed by atoms with Crippen molar-refractivity contribution in [2.45, 2.75) is 33.4 Å². The molecule has 0 aliphatic rings. The van der Waals surface area contributed by atoms with Gasteiger partial charge < -0.3 is 15.2 Å². The van der Waals surface area contributed by atoms with Gasteiger partial charge in [-0.2, -0.15) is 0 Å². The molecule has 31 heavy (non-hydrogen) atoms. The molecule has 2 aromatic carbocycles. The monoisotopic (exact) mass is 440 g/mol. The highest BCUT2D eigenvalue weighted by Crippen LogP contribution is 2.13. The van der Waals surface area contributed by atoms with Crippen molar-refractivity contribution in [1.29, 1.82) is 0 Å². The molecule has 1 unspecified atom stereocenters. The predicted octanol–water partition coefficient (Wildman–Crippen LogP) is 3.38. The molecule has 0 saturated carbocycles. The van der Waals surface area contributed by atoms with E-state index in [-0.39, 0.29) is 29.8 Å². The van der Waals surface area contributed by atoms with Crippen molar-refractivity contribution in [3.8, 4) is 0 Å². The van der Waals surface area contributed by atoms with Crippen LogP contribution in [0, 0.1) is 5.92 Å². The Morgan fingerprint density at radius 2 is 1.81 bits per heavy atom. The van der Waals surface area contributed by atoms with Gasteiger partial charge in [-0.25, -0.2) is 4.98 Å². The lowest BCUT2D eigenvalue weighted by Gasteiger charge is -2.28. The third kappa shape index (κ3) is 5.30. The Balaban J connectivity index is 1.80. The van der Waals surface area contributed by atoms with Crippen molar-refractivity contribution in [1.82, 2.24) is 20.2 Å². The van der Waals surface area contributed by atoms with E-state index in [0.29, 0.717) is 33.9 Å². The number of aromatic amines is 1. The largest absolute Gasteiger partial charge is 0.340 e. The van der Waals surface area contributed by atoms with Crippen LogP contribution in [0.15, 0.2) is 53.3 Å². The quantitative estimate of drug-likeness (QED) is 0.588. The highest BCUT2D eigenvalue weighted by Gasteiger charge is 2.29. The van der Waals surface area contributed by atoms with E-state index >= 15 is 0 Å². The van der Waals surface area contributed by atoms with Crippen LogP contribution in [-0.4, -0.2) is 39.3 Å². The number of hydrogen-bond acceptors (Lipinski definition) is 4. The maximum atomic E-state index is 13.3. The summed E-state index contributed by atoms with van der Waals surface area (Å²) in [7, 11) is 0. The number of para-hydroxylation sites is 1. The van der Waals surface area contributed by atoms with Gasteiger partial charge in [-0.3, -0.25) is 14.4 Å². The second-order valence-corrected chi connectivity index (χ2v) is 8.02. The molecule has 0 saturated heterocycles. The number of benzene rings is 2. The van der Waals surface area contributed by atoms with Crippen LogP contribution < -0.4 is 10.9 Å². The highest BCUT2D eigenvalue weighted by molar-refractivity contribution is 6.30. The summed E-state index contributed by atoms with van der Waals surface area (Å²) in [6.45, 7) is 6.11. The van der Waals surface area contributed by atoms with Gasteiger partial charge in [0.15, 0.2) is 0 Å². The second-order valence-electron chi connectivity index (χ2n) is 7.58. The maximum absolute atomic E-state index is 13.3. The molecular formula is C23H25ClN4O3. The maximum Gasteiger partial charge on any atom is 0.258 e. The summed E-state index contributed by atoms with van der Waals surface area (Å²) in [6.07, 6.45) is 0. The lowest BCUT2D eigenvalue weighted by molar-refractivity contribution is -0.134. The van der Waals surface area contributed by atoms with Crippen molar-refractivity contribution < 1.29 is 9.59 Å². The highest BCUT2D eigenvalue weighted by atomic mass is 35.5. The van der Waals surface area contributed by atoms with E-state index in [1.165, 1.54) is 0 Å². The summed E-state index contributed by atoms with van der Waals surface area (Å²) in [5, 5.41) is 3.85. The summed E-state index contributed by atoms with van der Waals surface area (Å²) >= 11 is 5.88. The Morgan fingerprint density at radius 3 is 2.45 bits per heavy atom. The first-order chi connectivity index (χ1) is 14.8. The van der Waals surface area contributed by atoms with Crippen molar-refractivity contribution >= 4 is 34.3 Å². The number of carbonyl (C=O) groups excluding carboxylic acids is 2. The van der Waals surface area contributed by atoms with E-state index in [1.807, 2.05) is 26.8 Å². The SMILES string of the molecule is CCN(Cc1nc2ccccc2c(=O)[nH]1)C(=O)C(NC(=O)c1ccc(Cl)cc1)C(C)C. The summed E-state index contributed by atoms with van der Waals surface area (Å²) in [5.41, 5.74) is 0.744. The minimum absolute atomic E-state index is 0.134. The Kier molecular flexibility index (Phi) is 7.07. The van der Waals surface area contributed by atoms with Crippen LogP contribution >= 0.6 is 11.6 Å². The zero-order valence-electron chi connectivity index (χ0n) is 17.7. The molecule has 1 heterocycles. The van der Waals surface area contributed by atoms with E-state index in [4.69, 9.17) is 11.6 Å². The number of fused-ring (bicyclic) bond motifs is 1. The van der Waals surface area contributed by atoms with E-state index in [2.05, 4.69) is 15.3 Å². The third-order valence-corrected chi connectivity index (χ3v) is 5.27. The van der Waals surface area contributed by atoms with Crippen LogP contribution in [0.3, 0.4) is 0 Å². The van der Waals surface area contributed by atoms with Crippen molar-refractivity contribution in [2.75, 3.05) is 6.54 Å². The molecule has 0 fully saturated rings. The van der Waals surface area contributed by atoms with Crippen molar-refractivity contribution in [2.24, 2.45) is 5.92 Å². The van der Waals surface area contributed by atoms with Gasteiger partial charge in [0.25, 0.3) is 11.5 Å². The van der Waals surface area contributed by atoms with Gasteiger partial charge >= 0.3 is 0 Å². The van der Waals surface area contributed by atoms with Crippen LogP contribution in [0.4, 0.5) is 0 Å². The molecule has 7 nitrogen and oxygen atoms in total. The molecule has 162 valence electrons. The smallest absolute Gasteiger partial charge is 0.258 e. The molecule has 0 aliphatic carbocycles. The molecule has 3 aromatic rings. The topological polar surface area (TPSA) is 95.2 Å². The number of rotatable bonds is 7. The number of hydrogen-bond donors (Lipinski definition) is 2. The normalized spacial score (nSPS) is 12.0. The fraction of sp³-hybridized carbons (Fsp3) is 0.304. The number of likely N-dealkylation sites (N-methyl/N-ethyl adjacent to an activating group) is 1. The van der Waals surface area contributed by atoms with Crippen LogP contribution in [0.1, 0.15) is 37.0 Å². The van der Waals surface area contributed by atoms with Crippen molar-refractivity contribution in [3.05, 3.63) is 75.3 Å². The average molecular weight is 441 g/mol. The van der Waals surface area contributed by atoms with Gasteiger partial charge in [0.05, 0.1) is 17.4 Å². The molecule has 0 aliphatic heterocycles. The molecule has 0 bridgehead atoms. The van der Waals surface area contributed by atoms with Gasteiger partial charge in [0, 0.05) is 17.1 Å². The number of nitrogens with one attached hydrogen (secondary N) is 2. The predicted molar refractivity (Wildman–Crippen MR) is 121 cm³/mol. The Morgan fingerprint density at radius 1 is 1.13 bits per heavy atom. The van der Waals surface area contributed by atoms with Crippen molar-refractivity contribution in [3.63, 3.8) is 0 Å². The summed E-state index contributed by atoms with van der Waals surface area (Å²) in [4.78, 5) is 47.0. The number of amides is 2. The molecule has 3 rings (SSSR count). The second kappa shape index (κ2) is 9.75. The van der Waals surface area contributed by atoms with Gasteiger partial charge in [-0.1, -0.05) is 37.6 Å². The Hall–Kier alpha value is -3.19. The Labute approximate surface area is 185 Å². The Bertz CT molecular complexity index is 1140. The first-order valence-electron chi connectivity index (χ1n) is 10.1.